The van der Waals surface area contributed by atoms with Crippen LogP contribution >= 0.6 is 23.2 Å². The van der Waals surface area contributed by atoms with E-state index in [4.69, 9.17) is 23.2 Å². The number of rotatable bonds is 6. The zero-order chi connectivity index (χ0) is 15.6. The van der Waals surface area contributed by atoms with Crippen molar-refractivity contribution >= 4 is 33.2 Å². The van der Waals surface area contributed by atoms with Gasteiger partial charge in [0.05, 0.1) is 6.26 Å². The molecular weight excluding hydrogens is 319 g/mol. The maximum absolute atomic E-state index is 11.3. The lowest BCUT2D eigenvalue weighted by atomic mass is 10.0. The summed E-state index contributed by atoms with van der Waals surface area (Å²) in [7, 11) is -3.24. The van der Waals surface area contributed by atoms with E-state index in [0.717, 1.165) is 11.8 Å². The van der Waals surface area contributed by atoms with Crippen LogP contribution in [0.15, 0.2) is 18.2 Å². The molecule has 0 fully saturated rings. The Labute approximate surface area is 130 Å². The highest BCUT2D eigenvalue weighted by Crippen LogP contribution is 2.26. The summed E-state index contributed by atoms with van der Waals surface area (Å²) in [5, 5.41) is 4.44. The lowest BCUT2D eigenvalue weighted by Gasteiger charge is -2.28. The van der Waals surface area contributed by atoms with E-state index < -0.39 is 15.6 Å². The SMILES string of the molecule is CC(NCC(C)(C)NS(C)(=O)=O)c1ccc(Cl)cc1Cl. The fraction of sp³-hybridized carbons (Fsp3) is 0.538. The van der Waals surface area contributed by atoms with Crippen molar-refractivity contribution < 1.29 is 8.42 Å². The van der Waals surface area contributed by atoms with Gasteiger partial charge in [0.2, 0.25) is 10.0 Å². The van der Waals surface area contributed by atoms with Crippen LogP contribution in [0.2, 0.25) is 10.0 Å². The molecule has 20 heavy (non-hydrogen) atoms. The van der Waals surface area contributed by atoms with Gasteiger partial charge in [0.25, 0.3) is 0 Å². The number of sulfonamides is 1. The maximum Gasteiger partial charge on any atom is 0.209 e. The summed E-state index contributed by atoms with van der Waals surface area (Å²) in [5.41, 5.74) is 0.340. The van der Waals surface area contributed by atoms with Crippen LogP contribution in [-0.4, -0.2) is 26.8 Å². The number of hydrogen-bond donors (Lipinski definition) is 2. The van der Waals surface area contributed by atoms with E-state index >= 15 is 0 Å². The van der Waals surface area contributed by atoms with Gasteiger partial charge in [-0.3, -0.25) is 0 Å². The molecule has 0 aliphatic heterocycles. The first-order valence-corrected chi connectivity index (χ1v) is 8.82. The van der Waals surface area contributed by atoms with Crippen molar-refractivity contribution in [3.05, 3.63) is 33.8 Å². The molecule has 1 aromatic rings. The number of benzene rings is 1. The molecule has 0 spiro atoms. The van der Waals surface area contributed by atoms with Crippen molar-refractivity contribution in [2.24, 2.45) is 0 Å². The zero-order valence-electron chi connectivity index (χ0n) is 12.0. The molecule has 0 aliphatic carbocycles. The molecule has 1 rings (SSSR count). The van der Waals surface area contributed by atoms with Gasteiger partial charge in [0.15, 0.2) is 0 Å². The van der Waals surface area contributed by atoms with Gasteiger partial charge in [0, 0.05) is 28.2 Å². The molecule has 114 valence electrons. The van der Waals surface area contributed by atoms with Crippen LogP contribution in [0.1, 0.15) is 32.4 Å². The van der Waals surface area contributed by atoms with Gasteiger partial charge >= 0.3 is 0 Å². The lowest BCUT2D eigenvalue weighted by Crippen LogP contribution is -2.50. The van der Waals surface area contributed by atoms with Crippen molar-refractivity contribution in [2.75, 3.05) is 12.8 Å². The quantitative estimate of drug-likeness (QED) is 0.838. The standard InChI is InChI=1S/C13H20Cl2N2O2S/c1-9(11-6-5-10(14)7-12(11)15)16-8-13(2,3)17-20(4,18)19/h5-7,9,16-17H,8H2,1-4H3. The summed E-state index contributed by atoms with van der Waals surface area (Å²) in [6.07, 6.45) is 1.15. The molecule has 4 nitrogen and oxygen atoms in total. The second-order valence-electron chi connectivity index (χ2n) is 5.53. The van der Waals surface area contributed by atoms with E-state index in [-0.39, 0.29) is 6.04 Å². The topological polar surface area (TPSA) is 58.2 Å². The van der Waals surface area contributed by atoms with Crippen molar-refractivity contribution in [3.63, 3.8) is 0 Å². The third-order valence-electron chi connectivity index (χ3n) is 2.74. The third-order valence-corrected chi connectivity index (χ3v) is 4.23. The Morgan fingerprint density at radius 3 is 2.40 bits per heavy atom. The Balaban J connectivity index is 2.69. The summed E-state index contributed by atoms with van der Waals surface area (Å²) >= 11 is 12.0. The molecule has 1 atom stereocenters. The highest BCUT2D eigenvalue weighted by molar-refractivity contribution is 7.88. The number of nitrogens with one attached hydrogen (secondary N) is 2. The highest BCUT2D eigenvalue weighted by atomic mass is 35.5. The van der Waals surface area contributed by atoms with Crippen molar-refractivity contribution in [1.29, 1.82) is 0 Å². The van der Waals surface area contributed by atoms with Crippen LogP contribution in [0.25, 0.3) is 0 Å². The average Bonchev–Trinajstić information content (AvgIpc) is 2.22. The number of halogens is 2. The van der Waals surface area contributed by atoms with Gasteiger partial charge in [-0.2, -0.15) is 0 Å². The van der Waals surface area contributed by atoms with Crippen LogP contribution in [0.4, 0.5) is 0 Å². The van der Waals surface area contributed by atoms with Crippen LogP contribution in [-0.2, 0) is 10.0 Å². The first-order chi connectivity index (χ1) is 9.00. The van der Waals surface area contributed by atoms with Crippen molar-refractivity contribution in [2.45, 2.75) is 32.4 Å². The smallest absolute Gasteiger partial charge is 0.209 e. The van der Waals surface area contributed by atoms with Gasteiger partial charge in [-0.05, 0) is 38.5 Å². The molecule has 0 bridgehead atoms. The average molecular weight is 339 g/mol. The molecule has 0 heterocycles. The van der Waals surface area contributed by atoms with Gasteiger partial charge < -0.3 is 5.32 Å². The van der Waals surface area contributed by atoms with Crippen LogP contribution in [0.3, 0.4) is 0 Å². The van der Waals surface area contributed by atoms with E-state index in [1.165, 1.54) is 0 Å². The first-order valence-electron chi connectivity index (χ1n) is 6.17. The van der Waals surface area contributed by atoms with E-state index in [2.05, 4.69) is 10.0 Å². The predicted octanol–water partition coefficient (Wildman–Crippen LogP) is 2.97. The number of hydrogen-bond acceptors (Lipinski definition) is 3. The minimum atomic E-state index is -3.24. The normalized spacial score (nSPS) is 14.3. The molecule has 1 unspecified atom stereocenters. The van der Waals surface area contributed by atoms with Gasteiger partial charge in [0.1, 0.15) is 0 Å². The second kappa shape index (κ2) is 6.62. The molecule has 1 aromatic carbocycles. The Bertz CT molecular complexity index is 574. The largest absolute Gasteiger partial charge is 0.308 e. The van der Waals surface area contributed by atoms with E-state index in [0.29, 0.717) is 16.6 Å². The summed E-state index contributed by atoms with van der Waals surface area (Å²) in [4.78, 5) is 0. The summed E-state index contributed by atoms with van der Waals surface area (Å²) < 4.78 is 25.1. The molecule has 0 aromatic heterocycles. The minimum Gasteiger partial charge on any atom is -0.308 e. The van der Waals surface area contributed by atoms with E-state index in [1.807, 2.05) is 26.8 Å². The molecule has 0 radical (unpaired) electrons. The molecule has 2 N–H and O–H groups in total. The monoisotopic (exact) mass is 338 g/mol. The zero-order valence-corrected chi connectivity index (χ0v) is 14.3. The minimum absolute atomic E-state index is 0.0135. The molecule has 0 saturated heterocycles. The summed E-state index contributed by atoms with van der Waals surface area (Å²) in [6.45, 7) is 6.07. The van der Waals surface area contributed by atoms with Crippen LogP contribution in [0.5, 0.6) is 0 Å². The van der Waals surface area contributed by atoms with Crippen LogP contribution in [0, 0.1) is 0 Å². The Kier molecular flexibility index (Phi) is 5.87. The van der Waals surface area contributed by atoms with Crippen molar-refractivity contribution in [1.82, 2.24) is 10.0 Å². The van der Waals surface area contributed by atoms with Gasteiger partial charge in [-0.25, -0.2) is 13.1 Å². The molecule has 0 saturated carbocycles. The second-order valence-corrected chi connectivity index (χ2v) is 8.12. The van der Waals surface area contributed by atoms with E-state index in [9.17, 15) is 8.42 Å². The third kappa shape index (κ3) is 5.97. The lowest BCUT2D eigenvalue weighted by molar-refractivity contribution is 0.399. The van der Waals surface area contributed by atoms with E-state index in [1.54, 1.807) is 12.1 Å². The molecule has 7 heteroatoms. The summed E-state index contributed by atoms with van der Waals surface area (Å²) in [5.74, 6) is 0. The molecule has 0 aliphatic rings. The molecule has 0 amide bonds. The Morgan fingerprint density at radius 1 is 1.30 bits per heavy atom. The van der Waals surface area contributed by atoms with Gasteiger partial charge in [-0.15, -0.1) is 0 Å². The fourth-order valence-corrected chi connectivity index (χ4v) is 3.56. The fourth-order valence-electron chi connectivity index (χ4n) is 1.91. The predicted molar refractivity (Wildman–Crippen MR) is 84.9 cm³/mol. The Morgan fingerprint density at radius 2 is 1.90 bits per heavy atom. The molecular formula is C13H20Cl2N2O2S. The first kappa shape index (κ1) is 17.7. The van der Waals surface area contributed by atoms with Crippen LogP contribution < -0.4 is 10.0 Å². The highest BCUT2D eigenvalue weighted by Gasteiger charge is 2.23. The Hall–Kier alpha value is -0.330. The van der Waals surface area contributed by atoms with Gasteiger partial charge in [-0.1, -0.05) is 29.3 Å². The van der Waals surface area contributed by atoms with Crippen molar-refractivity contribution in [3.8, 4) is 0 Å². The maximum atomic E-state index is 11.3. The summed E-state index contributed by atoms with van der Waals surface area (Å²) in [6, 6.07) is 5.32.